The molecule has 2 aromatic rings. The van der Waals surface area contributed by atoms with Crippen LogP contribution in [0.25, 0.3) is 0 Å². The standard InChI is InChI=1S/C16H14Cl2F5N3O2/c1-6(4-7-9(17)11(19)13(21)12(20)10(7)18)26(28-3)16(27)8-5-25(2)24-14(8)15(22)23/h5-6,15H,4H2,1-3H3. The van der Waals surface area contributed by atoms with Crippen LogP contribution in [-0.4, -0.2) is 33.9 Å². The lowest BCUT2D eigenvalue weighted by Crippen LogP contribution is -2.39. The third-order valence-electron chi connectivity index (χ3n) is 3.89. The number of alkyl halides is 2. The molecule has 0 fully saturated rings. The van der Waals surface area contributed by atoms with Gasteiger partial charge < -0.3 is 0 Å². The first-order valence-corrected chi connectivity index (χ1v) is 8.46. The lowest BCUT2D eigenvalue weighted by molar-refractivity contribution is -0.119. The summed E-state index contributed by atoms with van der Waals surface area (Å²) in [6, 6.07) is -0.970. The van der Waals surface area contributed by atoms with Crippen LogP contribution < -0.4 is 0 Å². The van der Waals surface area contributed by atoms with E-state index in [9.17, 15) is 26.7 Å². The van der Waals surface area contributed by atoms with E-state index in [4.69, 9.17) is 28.0 Å². The van der Waals surface area contributed by atoms with E-state index in [1.165, 1.54) is 14.0 Å². The van der Waals surface area contributed by atoms with E-state index in [2.05, 4.69) is 5.10 Å². The van der Waals surface area contributed by atoms with Crippen molar-refractivity contribution < 1.29 is 31.6 Å². The van der Waals surface area contributed by atoms with Crippen LogP contribution >= 0.6 is 23.2 Å². The van der Waals surface area contributed by atoms with E-state index in [0.717, 1.165) is 18.0 Å². The molecule has 28 heavy (non-hydrogen) atoms. The zero-order valence-corrected chi connectivity index (χ0v) is 16.3. The predicted octanol–water partition coefficient (Wildman–Crippen LogP) is 4.72. The van der Waals surface area contributed by atoms with Crippen LogP contribution in [0.2, 0.25) is 10.0 Å². The number of hydroxylamine groups is 2. The van der Waals surface area contributed by atoms with Crippen LogP contribution in [0, 0.1) is 17.5 Å². The first kappa shape index (κ1) is 22.4. The smallest absolute Gasteiger partial charge is 0.275 e. The Labute approximate surface area is 166 Å². The van der Waals surface area contributed by atoms with Gasteiger partial charge in [0.05, 0.1) is 28.8 Å². The molecule has 0 aliphatic rings. The van der Waals surface area contributed by atoms with Gasteiger partial charge in [-0.25, -0.2) is 27.0 Å². The maximum atomic E-state index is 13.7. The number of amides is 1. The first-order valence-electron chi connectivity index (χ1n) is 7.70. The number of hydrogen-bond acceptors (Lipinski definition) is 3. The molecule has 0 aliphatic heterocycles. The average molecular weight is 446 g/mol. The summed E-state index contributed by atoms with van der Waals surface area (Å²) < 4.78 is 68.1. The van der Waals surface area contributed by atoms with Gasteiger partial charge in [0.25, 0.3) is 12.3 Å². The van der Waals surface area contributed by atoms with Gasteiger partial charge in [-0.3, -0.25) is 14.3 Å². The number of nitrogens with zero attached hydrogens (tertiary/aromatic N) is 3. The second kappa shape index (κ2) is 8.62. The highest BCUT2D eigenvalue weighted by Gasteiger charge is 2.31. The van der Waals surface area contributed by atoms with E-state index >= 15 is 0 Å². The van der Waals surface area contributed by atoms with Crippen molar-refractivity contribution in [1.82, 2.24) is 14.8 Å². The Morgan fingerprint density at radius 3 is 2.21 bits per heavy atom. The van der Waals surface area contributed by atoms with Crippen LogP contribution in [0.1, 0.15) is 35.0 Å². The molecule has 0 saturated heterocycles. The molecule has 1 heterocycles. The lowest BCUT2D eigenvalue weighted by atomic mass is 10.0. The average Bonchev–Trinajstić information content (AvgIpc) is 3.04. The first-order chi connectivity index (χ1) is 13.0. The van der Waals surface area contributed by atoms with Crippen LogP contribution in [0.15, 0.2) is 6.20 Å². The van der Waals surface area contributed by atoms with Crippen LogP contribution in [0.4, 0.5) is 22.0 Å². The van der Waals surface area contributed by atoms with Gasteiger partial charge >= 0.3 is 0 Å². The van der Waals surface area contributed by atoms with Gasteiger partial charge in [-0.05, 0) is 18.9 Å². The number of carbonyl (C=O) groups excluding carboxylic acids is 1. The molecule has 2 rings (SSSR count). The number of aryl methyl sites for hydroxylation is 1. The number of halogens is 7. The Bertz CT molecular complexity index is 878. The van der Waals surface area contributed by atoms with Gasteiger partial charge in [0.15, 0.2) is 17.5 Å². The molecule has 1 aromatic heterocycles. The van der Waals surface area contributed by atoms with Crippen molar-refractivity contribution in [3.05, 3.63) is 50.5 Å². The molecule has 1 atom stereocenters. The van der Waals surface area contributed by atoms with Crippen LogP contribution in [0.3, 0.4) is 0 Å². The molecule has 1 unspecified atom stereocenters. The highest BCUT2D eigenvalue weighted by atomic mass is 35.5. The van der Waals surface area contributed by atoms with Crippen molar-refractivity contribution in [2.24, 2.45) is 7.05 Å². The van der Waals surface area contributed by atoms with Crippen molar-refractivity contribution in [2.75, 3.05) is 7.11 Å². The summed E-state index contributed by atoms with van der Waals surface area (Å²) in [6.07, 6.45) is -2.28. The summed E-state index contributed by atoms with van der Waals surface area (Å²) in [5.41, 5.74) is -1.47. The largest absolute Gasteiger partial charge is 0.282 e. The Morgan fingerprint density at radius 1 is 1.21 bits per heavy atom. The zero-order chi connectivity index (χ0) is 21.3. The quantitative estimate of drug-likeness (QED) is 0.280. The normalized spacial score (nSPS) is 12.5. The van der Waals surface area contributed by atoms with Crippen molar-refractivity contribution in [2.45, 2.75) is 25.8 Å². The lowest BCUT2D eigenvalue weighted by Gasteiger charge is -2.27. The third-order valence-corrected chi connectivity index (χ3v) is 4.68. The SMILES string of the molecule is CON(C(=O)c1cn(C)nc1C(F)F)C(C)Cc1c(Cl)c(F)c(F)c(F)c1Cl. The molecule has 0 saturated carbocycles. The molecule has 0 bridgehead atoms. The monoisotopic (exact) mass is 445 g/mol. The second-order valence-corrected chi connectivity index (χ2v) is 6.57. The molecule has 1 amide bonds. The zero-order valence-electron chi connectivity index (χ0n) is 14.7. The summed E-state index contributed by atoms with van der Waals surface area (Å²) in [5, 5.41) is 2.72. The molecule has 154 valence electrons. The van der Waals surface area contributed by atoms with Crippen LogP contribution in [0.5, 0.6) is 0 Å². The summed E-state index contributed by atoms with van der Waals surface area (Å²) in [4.78, 5) is 17.6. The Hall–Kier alpha value is -1.91. The van der Waals surface area contributed by atoms with Gasteiger partial charge in [-0.15, -0.1) is 0 Å². The van der Waals surface area contributed by atoms with Crippen LogP contribution in [-0.2, 0) is 18.3 Å². The van der Waals surface area contributed by atoms with Gasteiger partial charge in [-0.2, -0.15) is 5.10 Å². The minimum absolute atomic E-state index is 0.303. The fourth-order valence-electron chi connectivity index (χ4n) is 2.62. The second-order valence-electron chi connectivity index (χ2n) is 5.82. The van der Waals surface area contributed by atoms with Gasteiger partial charge in [0.1, 0.15) is 5.69 Å². The fourth-order valence-corrected chi connectivity index (χ4v) is 3.18. The summed E-state index contributed by atoms with van der Waals surface area (Å²) >= 11 is 11.4. The molecular weight excluding hydrogens is 432 g/mol. The fraction of sp³-hybridized carbons (Fsp3) is 0.375. The number of carbonyl (C=O) groups is 1. The van der Waals surface area contributed by atoms with E-state index in [-0.39, 0.29) is 12.0 Å². The highest BCUT2D eigenvalue weighted by Crippen LogP contribution is 2.34. The third kappa shape index (κ3) is 4.08. The number of aromatic nitrogens is 2. The molecular formula is C16H14Cl2F5N3O2. The molecule has 0 spiro atoms. The van der Waals surface area contributed by atoms with E-state index in [1.807, 2.05) is 0 Å². The molecule has 0 aliphatic carbocycles. The number of hydrogen-bond donors (Lipinski definition) is 0. The number of rotatable bonds is 6. The maximum Gasteiger partial charge on any atom is 0.282 e. The molecule has 0 N–H and O–H groups in total. The Morgan fingerprint density at radius 2 is 1.75 bits per heavy atom. The summed E-state index contributed by atoms with van der Waals surface area (Å²) in [5.74, 6) is -6.06. The maximum absolute atomic E-state index is 13.7. The Kier molecular flexibility index (Phi) is 6.89. The topological polar surface area (TPSA) is 47.4 Å². The Balaban J connectivity index is 2.38. The minimum atomic E-state index is -3.02. The van der Waals surface area contributed by atoms with Crippen molar-refractivity contribution >= 4 is 29.1 Å². The highest BCUT2D eigenvalue weighted by molar-refractivity contribution is 6.36. The van der Waals surface area contributed by atoms with Crippen molar-refractivity contribution in [3.63, 3.8) is 0 Å². The minimum Gasteiger partial charge on any atom is -0.275 e. The predicted molar refractivity (Wildman–Crippen MR) is 90.8 cm³/mol. The summed E-state index contributed by atoms with van der Waals surface area (Å²) in [7, 11) is 2.45. The van der Waals surface area contributed by atoms with Gasteiger partial charge in [0.2, 0.25) is 0 Å². The van der Waals surface area contributed by atoms with E-state index in [0.29, 0.717) is 5.06 Å². The molecule has 1 aromatic carbocycles. The number of benzene rings is 1. The molecule has 12 heteroatoms. The molecule has 0 radical (unpaired) electrons. The van der Waals surface area contributed by atoms with E-state index in [1.54, 1.807) is 0 Å². The van der Waals surface area contributed by atoms with Gasteiger partial charge in [-0.1, -0.05) is 23.2 Å². The van der Waals surface area contributed by atoms with Crippen molar-refractivity contribution in [3.8, 4) is 0 Å². The molecule has 5 nitrogen and oxygen atoms in total. The summed E-state index contributed by atoms with van der Waals surface area (Å²) in [6.45, 7) is 1.39. The van der Waals surface area contributed by atoms with E-state index < -0.39 is 57.1 Å². The van der Waals surface area contributed by atoms with Crippen molar-refractivity contribution in [1.29, 1.82) is 0 Å². The van der Waals surface area contributed by atoms with Gasteiger partial charge in [0, 0.05) is 13.2 Å².